The lowest BCUT2D eigenvalue weighted by Crippen LogP contribution is -2.48. The number of hydrogen-bond donors (Lipinski definition) is 1. The molecule has 1 aliphatic heterocycles. The van der Waals surface area contributed by atoms with Crippen LogP contribution < -0.4 is 10.1 Å². The fourth-order valence-electron chi connectivity index (χ4n) is 3.46. The lowest BCUT2D eigenvalue weighted by Gasteiger charge is -2.34. The summed E-state index contributed by atoms with van der Waals surface area (Å²) in [5.41, 5.74) is 1.31. The Hall–Kier alpha value is -2.38. The Morgan fingerprint density at radius 2 is 1.82 bits per heavy atom. The number of nitrogens with one attached hydrogen (secondary N) is 1. The van der Waals surface area contributed by atoms with Crippen LogP contribution in [0.4, 0.5) is 0 Å². The molecular formula is C21H31N5O2. The molecule has 0 atom stereocenters. The number of carbonyl (C=O) groups is 1. The van der Waals surface area contributed by atoms with E-state index in [2.05, 4.69) is 32.2 Å². The van der Waals surface area contributed by atoms with Crippen molar-refractivity contribution in [1.29, 1.82) is 0 Å². The van der Waals surface area contributed by atoms with Gasteiger partial charge in [0.2, 0.25) is 5.91 Å². The Kier molecular flexibility index (Phi) is 7.45. The zero-order valence-electron chi connectivity index (χ0n) is 16.9. The van der Waals surface area contributed by atoms with Crippen molar-refractivity contribution in [1.82, 2.24) is 24.7 Å². The normalized spacial score (nSPS) is 15.5. The van der Waals surface area contributed by atoms with Gasteiger partial charge < -0.3 is 14.6 Å². The third-order valence-electron chi connectivity index (χ3n) is 5.28. The summed E-state index contributed by atoms with van der Waals surface area (Å²) in [6, 6.07) is 8.29. The fourth-order valence-corrected chi connectivity index (χ4v) is 3.46. The highest BCUT2D eigenvalue weighted by Crippen LogP contribution is 2.14. The third-order valence-corrected chi connectivity index (χ3v) is 5.28. The molecule has 152 valence electrons. The van der Waals surface area contributed by atoms with E-state index in [9.17, 15) is 4.79 Å². The number of aryl methyl sites for hydroxylation is 2. The Balaban J connectivity index is 1.28. The van der Waals surface area contributed by atoms with Crippen molar-refractivity contribution in [2.45, 2.75) is 26.4 Å². The Morgan fingerprint density at radius 3 is 2.46 bits per heavy atom. The van der Waals surface area contributed by atoms with Gasteiger partial charge in [-0.25, -0.2) is 4.98 Å². The molecule has 1 amide bonds. The monoisotopic (exact) mass is 385 g/mol. The van der Waals surface area contributed by atoms with Crippen molar-refractivity contribution < 1.29 is 9.53 Å². The van der Waals surface area contributed by atoms with Crippen molar-refractivity contribution in [3.05, 3.63) is 48.0 Å². The third kappa shape index (κ3) is 6.07. The highest BCUT2D eigenvalue weighted by atomic mass is 16.5. The molecule has 1 aliphatic rings. The van der Waals surface area contributed by atoms with Crippen molar-refractivity contribution in [2.75, 3.05) is 46.4 Å². The van der Waals surface area contributed by atoms with Gasteiger partial charge in [0.25, 0.3) is 0 Å². The van der Waals surface area contributed by atoms with Crippen LogP contribution in [0.3, 0.4) is 0 Å². The van der Waals surface area contributed by atoms with Crippen LogP contribution in [-0.2, 0) is 17.9 Å². The molecule has 0 saturated carbocycles. The van der Waals surface area contributed by atoms with E-state index in [0.29, 0.717) is 19.5 Å². The summed E-state index contributed by atoms with van der Waals surface area (Å²) in [4.78, 5) is 21.1. The Labute approximate surface area is 167 Å². The Bertz CT molecular complexity index is 736. The first-order valence-corrected chi connectivity index (χ1v) is 9.96. The molecule has 1 saturated heterocycles. The molecule has 0 radical (unpaired) electrons. The number of methoxy groups -OCH3 is 1. The molecule has 1 N–H and O–H groups in total. The molecule has 0 unspecified atom stereocenters. The first-order valence-electron chi connectivity index (χ1n) is 9.96. The van der Waals surface area contributed by atoms with Crippen LogP contribution in [0, 0.1) is 6.92 Å². The number of nitrogens with zero attached hydrogens (tertiary/aromatic N) is 4. The second-order valence-corrected chi connectivity index (χ2v) is 7.23. The average Bonchev–Trinajstić information content (AvgIpc) is 3.13. The van der Waals surface area contributed by atoms with E-state index in [-0.39, 0.29) is 5.91 Å². The summed E-state index contributed by atoms with van der Waals surface area (Å²) in [6.45, 7) is 9.42. The van der Waals surface area contributed by atoms with Crippen LogP contribution in [0.15, 0.2) is 36.7 Å². The van der Waals surface area contributed by atoms with Crippen LogP contribution in [0.2, 0.25) is 0 Å². The van der Waals surface area contributed by atoms with Crippen LogP contribution in [-0.4, -0.2) is 71.6 Å². The smallest absolute Gasteiger partial charge is 0.221 e. The van der Waals surface area contributed by atoms with Gasteiger partial charge in [-0.2, -0.15) is 0 Å². The van der Waals surface area contributed by atoms with E-state index in [1.54, 1.807) is 13.3 Å². The summed E-state index contributed by atoms with van der Waals surface area (Å²) in [6.07, 6.45) is 4.17. The van der Waals surface area contributed by atoms with E-state index in [4.69, 9.17) is 4.74 Å². The summed E-state index contributed by atoms with van der Waals surface area (Å²) >= 11 is 0. The topological polar surface area (TPSA) is 62.6 Å². The molecule has 28 heavy (non-hydrogen) atoms. The second-order valence-electron chi connectivity index (χ2n) is 7.23. The van der Waals surface area contributed by atoms with Gasteiger partial charge in [0.15, 0.2) is 0 Å². The number of aromatic nitrogens is 2. The van der Waals surface area contributed by atoms with Crippen LogP contribution >= 0.6 is 0 Å². The number of benzene rings is 1. The summed E-state index contributed by atoms with van der Waals surface area (Å²) in [5.74, 6) is 1.95. The summed E-state index contributed by atoms with van der Waals surface area (Å²) < 4.78 is 7.21. The summed E-state index contributed by atoms with van der Waals surface area (Å²) in [7, 11) is 1.69. The zero-order chi connectivity index (χ0) is 19.8. The molecule has 1 aromatic heterocycles. The number of rotatable bonds is 9. The number of ether oxygens (including phenoxy) is 1. The average molecular weight is 386 g/mol. The van der Waals surface area contributed by atoms with Gasteiger partial charge in [0.1, 0.15) is 11.6 Å². The van der Waals surface area contributed by atoms with Crippen molar-refractivity contribution in [2.24, 2.45) is 0 Å². The molecule has 2 heterocycles. The fraction of sp³-hybridized carbons (Fsp3) is 0.524. The van der Waals surface area contributed by atoms with Crippen molar-refractivity contribution in [3.8, 4) is 5.75 Å². The lowest BCUT2D eigenvalue weighted by atomic mass is 10.2. The number of imidazole rings is 1. The van der Waals surface area contributed by atoms with E-state index in [1.165, 1.54) is 5.56 Å². The van der Waals surface area contributed by atoms with Crippen molar-refractivity contribution in [3.63, 3.8) is 0 Å². The minimum absolute atomic E-state index is 0.103. The van der Waals surface area contributed by atoms with Gasteiger partial charge in [-0.3, -0.25) is 14.6 Å². The molecule has 7 nitrogen and oxygen atoms in total. The Morgan fingerprint density at radius 1 is 1.11 bits per heavy atom. The predicted octanol–water partition coefficient (Wildman–Crippen LogP) is 1.52. The van der Waals surface area contributed by atoms with E-state index in [0.717, 1.165) is 50.8 Å². The van der Waals surface area contributed by atoms with Crippen molar-refractivity contribution >= 4 is 5.91 Å². The largest absolute Gasteiger partial charge is 0.497 e. The van der Waals surface area contributed by atoms with Crippen LogP contribution in [0.5, 0.6) is 5.75 Å². The molecule has 0 spiro atoms. The minimum Gasteiger partial charge on any atom is -0.497 e. The maximum Gasteiger partial charge on any atom is 0.221 e. The number of amides is 1. The molecule has 2 aromatic rings. The molecule has 3 rings (SSSR count). The van der Waals surface area contributed by atoms with Gasteiger partial charge in [0.05, 0.1) is 7.11 Å². The first kappa shape index (κ1) is 20.4. The van der Waals surface area contributed by atoms with Gasteiger partial charge in [-0.1, -0.05) is 12.1 Å². The van der Waals surface area contributed by atoms with Crippen LogP contribution in [0.1, 0.15) is 17.8 Å². The molecule has 0 aliphatic carbocycles. The molecule has 1 aromatic carbocycles. The highest BCUT2D eigenvalue weighted by Gasteiger charge is 2.16. The van der Waals surface area contributed by atoms with Gasteiger partial charge in [-0.15, -0.1) is 0 Å². The molecule has 7 heteroatoms. The van der Waals surface area contributed by atoms with E-state index < -0.39 is 0 Å². The number of carbonyl (C=O) groups excluding carboxylic acids is 1. The number of hydrogen-bond acceptors (Lipinski definition) is 5. The minimum atomic E-state index is 0.103. The molecular weight excluding hydrogens is 354 g/mol. The maximum atomic E-state index is 12.0. The lowest BCUT2D eigenvalue weighted by molar-refractivity contribution is -0.121. The van der Waals surface area contributed by atoms with Gasteiger partial charge in [0, 0.05) is 71.2 Å². The standard InChI is InChI=1S/C21H31N5O2/c1-18-22-9-12-26(18)10-7-21(27)23-8-11-24-13-15-25(16-14-24)17-19-3-5-20(28-2)6-4-19/h3-6,9,12H,7-8,10-11,13-17H2,1-2H3,(H,23,27). The van der Waals surface area contributed by atoms with E-state index >= 15 is 0 Å². The first-order chi connectivity index (χ1) is 13.6. The SMILES string of the molecule is COc1ccc(CN2CCN(CCNC(=O)CCn3ccnc3C)CC2)cc1. The number of piperazine rings is 1. The van der Waals surface area contributed by atoms with Gasteiger partial charge in [-0.05, 0) is 24.6 Å². The van der Waals surface area contributed by atoms with Gasteiger partial charge >= 0.3 is 0 Å². The molecule has 0 bridgehead atoms. The maximum absolute atomic E-state index is 12.0. The predicted molar refractivity (Wildman–Crippen MR) is 109 cm³/mol. The molecule has 1 fully saturated rings. The second kappa shape index (κ2) is 10.2. The highest BCUT2D eigenvalue weighted by molar-refractivity contribution is 5.75. The van der Waals surface area contributed by atoms with E-state index in [1.807, 2.05) is 29.8 Å². The summed E-state index contributed by atoms with van der Waals surface area (Å²) in [5, 5.41) is 3.03. The quantitative estimate of drug-likeness (QED) is 0.709. The van der Waals surface area contributed by atoms with Crippen LogP contribution in [0.25, 0.3) is 0 Å². The zero-order valence-corrected chi connectivity index (χ0v) is 16.9.